The van der Waals surface area contributed by atoms with Crippen LogP contribution in [0.15, 0.2) is 65.1 Å². The molecule has 1 aliphatic heterocycles. The Morgan fingerprint density at radius 1 is 1.15 bits per heavy atom. The Bertz CT molecular complexity index is 950. The lowest BCUT2D eigenvalue weighted by molar-refractivity contribution is 0.0950. The first-order valence-electron chi connectivity index (χ1n) is 8.51. The molecular formula is C21H18FNO3. The summed E-state index contributed by atoms with van der Waals surface area (Å²) in [6.07, 6.45) is 0.825. The molecule has 3 aromatic rings. The molecule has 1 amide bonds. The van der Waals surface area contributed by atoms with Crippen LogP contribution >= 0.6 is 0 Å². The van der Waals surface area contributed by atoms with Crippen LogP contribution in [0.3, 0.4) is 0 Å². The fourth-order valence-electron chi connectivity index (χ4n) is 3.27. The van der Waals surface area contributed by atoms with Gasteiger partial charge in [-0.25, -0.2) is 4.39 Å². The number of benzene rings is 2. The number of fused-ring (bicyclic) bond motifs is 1. The maximum Gasteiger partial charge on any atom is 0.294 e. The van der Waals surface area contributed by atoms with Gasteiger partial charge in [-0.1, -0.05) is 30.3 Å². The van der Waals surface area contributed by atoms with E-state index in [-0.39, 0.29) is 30.1 Å². The average molecular weight is 351 g/mol. The Morgan fingerprint density at radius 3 is 2.77 bits per heavy atom. The summed E-state index contributed by atoms with van der Waals surface area (Å²) in [4.78, 5) is 14.7. The Kier molecular flexibility index (Phi) is 4.21. The predicted molar refractivity (Wildman–Crippen MR) is 95.9 cm³/mol. The number of ether oxygens (including phenoxy) is 1. The zero-order chi connectivity index (χ0) is 18.1. The van der Waals surface area contributed by atoms with Gasteiger partial charge in [-0.2, -0.15) is 0 Å². The molecule has 4 nitrogen and oxygen atoms in total. The summed E-state index contributed by atoms with van der Waals surface area (Å²) < 4.78 is 24.7. The summed E-state index contributed by atoms with van der Waals surface area (Å²) in [5, 5.41) is 0. The molecule has 1 atom stereocenters. The van der Waals surface area contributed by atoms with E-state index in [1.165, 1.54) is 6.07 Å². The van der Waals surface area contributed by atoms with Crippen molar-refractivity contribution in [3.8, 4) is 5.75 Å². The van der Waals surface area contributed by atoms with E-state index in [1.54, 1.807) is 35.2 Å². The highest BCUT2D eigenvalue weighted by Gasteiger charge is 2.32. The van der Waals surface area contributed by atoms with Gasteiger partial charge in [0.15, 0.2) is 17.3 Å². The molecule has 2 heterocycles. The molecule has 0 N–H and O–H groups in total. The Balaban J connectivity index is 1.49. The number of halogens is 1. The van der Waals surface area contributed by atoms with Crippen LogP contribution in [0.2, 0.25) is 0 Å². The van der Waals surface area contributed by atoms with E-state index >= 15 is 0 Å². The van der Waals surface area contributed by atoms with E-state index in [0.717, 1.165) is 17.7 Å². The number of rotatable bonds is 4. The van der Waals surface area contributed by atoms with Gasteiger partial charge in [0.1, 0.15) is 12.4 Å². The number of nitrogens with zero attached hydrogens (tertiary/aromatic N) is 1. The monoisotopic (exact) mass is 351 g/mol. The van der Waals surface area contributed by atoms with E-state index in [1.807, 2.05) is 31.2 Å². The highest BCUT2D eigenvalue weighted by atomic mass is 19.1. The van der Waals surface area contributed by atoms with Gasteiger partial charge in [0.25, 0.3) is 5.91 Å². The van der Waals surface area contributed by atoms with Crippen LogP contribution in [0.4, 0.5) is 10.1 Å². The molecule has 1 unspecified atom stereocenters. The molecule has 26 heavy (non-hydrogen) atoms. The van der Waals surface area contributed by atoms with Crippen molar-refractivity contribution in [1.29, 1.82) is 0 Å². The molecule has 0 saturated heterocycles. The Morgan fingerprint density at radius 2 is 1.92 bits per heavy atom. The summed E-state index contributed by atoms with van der Waals surface area (Å²) in [6, 6.07) is 17.4. The number of anilines is 1. The Hall–Kier alpha value is -3.08. The normalized spacial score (nSPS) is 15.8. The van der Waals surface area contributed by atoms with E-state index in [2.05, 4.69) is 0 Å². The van der Waals surface area contributed by atoms with Crippen LogP contribution < -0.4 is 9.64 Å². The largest absolute Gasteiger partial charge is 0.483 e. The van der Waals surface area contributed by atoms with Gasteiger partial charge in [-0.15, -0.1) is 0 Å². The van der Waals surface area contributed by atoms with Crippen molar-refractivity contribution in [3.05, 3.63) is 83.6 Å². The molecule has 1 aliphatic rings. The average Bonchev–Trinajstić information content (AvgIpc) is 3.24. The quantitative estimate of drug-likeness (QED) is 0.690. The molecule has 0 aliphatic carbocycles. The molecule has 4 rings (SSSR count). The smallest absolute Gasteiger partial charge is 0.294 e. The third-order valence-electron chi connectivity index (χ3n) is 4.51. The van der Waals surface area contributed by atoms with E-state index < -0.39 is 5.82 Å². The zero-order valence-corrected chi connectivity index (χ0v) is 14.3. The first-order valence-corrected chi connectivity index (χ1v) is 8.51. The number of hydrogen-bond donors (Lipinski definition) is 0. The third-order valence-corrected chi connectivity index (χ3v) is 4.51. The Labute approximate surface area is 150 Å². The van der Waals surface area contributed by atoms with Crippen LogP contribution in [-0.2, 0) is 13.0 Å². The summed E-state index contributed by atoms with van der Waals surface area (Å²) in [6.45, 7) is 2.07. The lowest BCUT2D eigenvalue weighted by atomic mass is 10.1. The molecule has 0 radical (unpaired) electrons. The van der Waals surface area contributed by atoms with Crippen LogP contribution in [0.5, 0.6) is 5.75 Å². The number of para-hydroxylation sites is 2. The van der Waals surface area contributed by atoms with Crippen molar-refractivity contribution in [2.24, 2.45) is 0 Å². The van der Waals surface area contributed by atoms with E-state index in [9.17, 15) is 9.18 Å². The molecule has 132 valence electrons. The number of carbonyl (C=O) groups excluding carboxylic acids is 1. The summed E-state index contributed by atoms with van der Waals surface area (Å²) in [7, 11) is 0. The fourth-order valence-corrected chi connectivity index (χ4v) is 3.27. The zero-order valence-electron chi connectivity index (χ0n) is 14.3. The molecule has 0 spiro atoms. The standard InChI is InChI=1S/C21H18FNO3/c1-14-12-15-6-2-4-8-18(15)23(14)21(24)20-11-10-16(26-20)13-25-19-9-5-3-7-17(19)22/h2-11,14H,12-13H2,1H3. The van der Waals surface area contributed by atoms with Gasteiger partial charge in [-0.05, 0) is 49.2 Å². The number of hydrogen-bond acceptors (Lipinski definition) is 3. The van der Waals surface area contributed by atoms with Gasteiger partial charge in [0.2, 0.25) is 0 Å². The van der Waals surface area contributed by atoms with Crippen molar-refractivity contribution in [2.45, 2.75) is 26.0 Å². The molecule has 0 bridgehead atoms. The first kappa shape index (κ1) is 16.4. The van der Waals surface area contributed by atoms with Crippen LogP contribution in [0.25, 0.3) is 0 Å². The first-order chi connectivity index (χ1) is 12.6. The molecule has 0 fully saturated rings. The van der Waals surface area contributed by atoms with Crippen molar-refractivity contribution < 1.29 is 18.3 Å². The topological polar surface area (TPSA) is 42.7 Å². The number of amides is 1. The molecular weight excluding hydrogens is 333 g/mol. The number of furan rings is 1. The molecule has 0 saturated carbocycles. The maximum atomic E-state index is 13.6. The van der Waals surface area contributed by atoms with Gasteiger partial charge in [0.05, 0.1) is 0 Å². The summed E-state index contributed by atoms with van der Waals surface area (Å²) in [5.41, 5.74) is 2.08. The van der Waals surface area contributed by atoms with Crippen LogP contribution in [-0.4, -0.2) is 11.9 Å². The minimum atomic E-state index is -0.433. The van der Waals surface area contributed by atoms with Crippen molar-refractivity contribution in [2.75, 3.05) is 4.90 Å². The van der Waals surface area contributed by atoms with E-state index in [0.29, 0.717) is 5.76 Å². The van der Waals surface area contributed by atoms with Crippen molar-refractivity contribution >= 4 is 11.6 Å². The minimum absolute atomic E-state index is 0.0559. The van der Waals surface area contributed by atoms with Crippen molar-refractivity contribution in [1.82, 2.24) is 0 Å². The fraction of sp³-hybridized carbons (Fsp3) is 0.190. The van der Waals surface area contributed by atoms with Gasteiger partial charge < -0.3 is 14.1 Å². The number of carbonyl (C=O) groups is 1. The maximum absolute atomic E-state index is 13.6. The highest BCUT2D eigenvalue weighted by Crippen LogP contribution is 2.33. The predicted octanol–water partition coefficient (Wildman–Crippen LogP) is 4.59. The van der Waals surface area contributed by atoms with E-state index in [4.69, 9.17) is 9.15 Å². The third kappa shape index (κ3) is 2.96. The second kappa shape index (κ2) is 6.67. The minimum Gasteiger partial charge on any atom is -0.483 e. The highest BCUT2D eigenvalue weighted by molar-refractivity contribution is 6.06. The summed E-state index contributed by atoms with van der Waals surface area (Å²) >= 11 is 0. The second-order valence-corrected chi connectivity index (χ2v) is 6.34. The second-order valence-electron chi connectivity index (χ2n) is 6.34. The molecule has 5 heteroatoms. The summed E-state index contributed by atoms with van der Waals surface area (Å²) in [5.74, 6) is 0.258. The molecule has 1 aromatic heterocycles. The van der Waals surface area contributed by atoms with Gasteiger partial charge in [0, 0.05) is 11.7 Å². The van der Waals surface area contributed by atoms with Gasteiger partial charge >= 0.3 is 0 Å². The van der Waals surface area contributed by atoms with Gasteiger partial charge in [-0.3, -0.25) is 4.79 Å². The van der Waals surface area contributed by atoms with Crippen molar-refractivity contribution in [3.63, 3.8) is 0 Å². The van der Waals surface area contributed by atoms with Crippen LogP contribution in [0.1, 0.15) is 28.8 Å². The lowest BCUT2D eigenvalue weighted by Crippen LogP contribution is -2.35. The SMILES string of the molecule is CC1Cc2ccccc2N1C(=O)c1ccc(COc2ccccc2F)o1. The molecule has 2 aromatic carbocycles. The lowest BCUT2D eigenvalue weighted by Gasteiger charge is -2.21. The van der Waals surface area contributed by atoms with Crippen LogP contribution in [0, 0.1) is 5.82 Å².